The zero-order chi connectivity index (χ0) is 53.8. The van der Waals surface area contributed by atoms with Gasteiger partial charge in [0, 0.05) is 88.3 Å². The lowest BCUT2D eigenvalue weighted by molar-refractivity contribution is 0.443. The van der Waals surface area contributed by atoms with E-state index in [2.05, 4.69) is 261 Å². The summed E-state index contributed by atoms with van der Waals surface area (Å²) >= 11 is 0. The van der Waals surface area contributed by atoms with Crippen molar-refractivity contribution >= 4 is 110 Å². The van der Waals surface area contributed by atoms with E-state index in [0.717, 1.165) is 22.7 Å². The summed E-state index contributed by atoms with van der Waals surface area (Å²) in [5, 5.41) is 10.1. The average Bonchev–Trinajstić information content (AvgIpc) is 1.68. The highest BCUT2D eigenvalue weighted by Gasteiger charge is 2.31. The minimum absolute atomic E-state index is 0.646. The molecule has 2 saturated carbocycles. The van der Waals surface area contributed by atoms with Gasteiger partial charge in [-0.25, -0.2) is 0 Å². The van der Waals surface area contributed by atoms with Gasteiger partial charge in [-0.05, 0) is 133 Å². The molecular formula is C78H62N4. The van der Waals surface area contributed by atoms with Gasteiger partial charge in [0.1, 0.15) is 0 Å². The van der Waals surface area contributed by atoms with Gasteiger partial charge in [0.25, 0.3) is 0 Å². The van der Waals surface area contributed by atoms with Crippen molar-refractivity contribution in [1.82, 2.24) is 8.80 Å². The van der Waals surface area contributed by atoms with Gasteiger partial charge >= 0.3 is 0 Å². The molecule has 394 valence electrons. The van der Waals surface area contributed by atoms with Crippen LogP contribution >= 0.6 is 0 Å². The number of anilines is 6. The lowest BCUT2D eigenvalue weighted by Gasteiger charge is -2.27. The molecule has 0 N–H and O–H groups in total. The normalized spacial score (nSPS) is 14.7. The molecule has 82 heavy (non-hydrogen) atoms. The molecule has 0 unspecified atom stereocenters. The van der Waals surface area contributed by atoms with E-state index in [9.17, 15) is 0 Å². The first-order valence-electron chi connectivity index (χ1n) is 30.1. The third-order valence-corrected chi connectivity index (χ3v) is 19.1. The lowest BCUT2D eigenvalue weighted by Crippen LogP contribution is -2.10. The third kappa shape index (κ3) is 7.29. The Kier molecular flexibility index (Phi) is 11.1. The Bertz CT molecular complexity index is 4520. The van der Waals surface area contributed by atoms with E-state index in [-0.39, 0.29) is 0 Å². The number of nitrogens with zero attached hydrogens (tertiary/aromatic N) is 4. The van der Waals surface area contributed by atoms with Crippen LogP contribution in [0.4, 0.5) is 34.1 Å². The van der Waals surface area contributed by atoms with E-state index >= 15 is 0 Å². The van der Waals surface area contributed by atoms with Crippen LogP contribution in [-0.2, 0) is 0 Å². The van der Waals surface area contributed by atoms with Crippen LogP contribution < -0.4 is 9.80 Å². The van der Waals surface area contributed by atoms with E-state index < -0.39 is 0 Å². The number of para-hydroxylation sites is 4. The summed E-state index contributed by atoms with van der Waals surface area (Å²) in [4.78, 5) is 4.92. The van der Waals surface area contributed by atoms with Crippen LogP contribution in [0.2, 0.25) is 0 Å². The van der Waals surface area contributed by atoms with Crippen LogP contribution in [0.3, 0.4) is 0 Å². The van der Waals surface area contributed by atoms with Crippen molar-refractivity contribution in [2.75, 3.05) is 9.80 Å². The first-order chi connectivity index (χ1) is 40.7. The van der Waals surface area contributed by atoms with Crippen LogP contribution in [0, 0.1) is 0 Å². The summed E-state index contributed by atoms with van der Waals surface area (Å²) in [6.45, 7) is 0. The number of benzene rings is 11. The molecule has 0 atom stereocenters. The minimum atomic E-state index is 0.646. The van der Waals surface area contributed by atoms with Crippen LogP contribution in [0.25, 0.3) is 98.4 Å². The number of rotatable bonds is 10. The highest BCUT2D eigenvalue weighted by Crippen LogP contribution is 2.55. The van der Waals surface area contributed by atoms with Gasteiger partial charge in [-0.2, -0.15) is 0 Å². The molecule has 2 aliphatic carbocycles. The number of aromatic nitrogens is 2. The molecule has 0 saturated heterocycles. The molecule has 4 aromatic heterocycles. The molecule has 4 heterocycles. The van der Waals surface area contributed by atoms with Crippen molar-refractivity contribution in [1.29, 1.82) is 0 Å². The third-order valence-electron chi connectivity index (χ3n) is 19.1. The second kappa shape index (κ2) is 19.1. The van der Waals surface area contributed by atoms with Gasteiger partial charge in [0.2, 0.25) is 0 Å². The summed E-state index contributed by atoms with van der Waals surface area (Å²) in [7, 11) is 0. The number of fused-ring (bicyclic) bond motifs is 12. The van der Waals surface area contributed by atoms with E-state index in [0.29, 0.717) is 11.8 Å². The van der Waals surface area contributed by atoms with E-state index in [1.54, 1.807) is 0 Å². The van der Waals surface area contributed by atoms with Crippen LogP contribution in [0.1, 0.15) is 87.2 Å². The lowest BCUT2D eigenvalue weighted by atomic mass is 9.84. The standard InChI is InChI=1S/C78H62N4/c1-7-21-51(22-8-1)53-37-41-59(42-38-53)79(57-29-15-5-16-30-57)61-45-47-63-65-33-19-35-67-73-72(56-27-13-4-14-28-56)78-74(71(55-25-11-3-12-26-55)77(73)81(75(65)67)69(63)49-61)68-36-20-34-66-64-48-46-62(50-70(64)82(78)76(66)68)80(58-31-17-6-18-32-58)60-43-39-54(40-44-60)52-23-9-2-10-24-52/h3-6,11-20,25-52H,1-2,7-10,21-24H2. The fourth-order valence-electron chi connectivity index (χ4n) is 15.4. The van der Waals surface area contributed by atoms with Crippen molar-refractivity contribution in [2.24, 2.45) is 0 Å². The molecule has 0 bridgehead atoms. The Balaban J connectivity index is 0.964. The molecule has 0 amide bonds. The average molecular weight is 1060 g/mol. The van der Waals surface area contributed by atoms with Crippen molar-refractivity contribution in [3.05, 3.63) is 254 Å². The summed E-state index contributed by atoms with van der Waals surface area (Å²) in [6.07, 6.45) is 13.2. The van der Waals surface area contributed by atoms with Gasteiger partial charge < -0.3 is 18.6 Å². The quantitative estimate of drug-likeness (QED) is 0.136. The first kappa shape index (κ1) is 47.4. The Morgan fingerprint density at radius 2 is 0.610 bits per heavy atom. The molecule has 11 aromatic carbocycles. The molecule has 0 spiro atoms. The molecule has 4 nitrogen and oxygen atoms in total. The second-order valence-electron chi connectivity index (χ2n) is 23.6. The smallest absolute Gasteiger partial charge is 0.0634 e. The summed E-state index contributed by atoms with van der Waals surface area (Å²) in [5.41, 5.74) is 22.2. The Morgan fingerprint density at radius 3 is 1.00 bits per heavy atom. The largest absolute Gasteiger partial charge is 0.310 e. The van der Waals surface area contributed by atoms with E-state index in [1.807, 2.05) is 0 Å². The van der Waals surface area contributed by atoms with Crippen molar-refractivity contribution < 1.29 is 0 Å². The van der Waals surface area contributed by atoms with Crippen molar-refractivity contribution in [3.63, 3.8) is 0 Å². The first-order valence-corrected chi connectivity index (χ1v) is 30.1. The van der Waals surface area contributed by atoms with Gasteiger partial charge in [-0.1, -0.05) is 208 Å². The van der Waals surface area contributed by atoms with Crippen molar-refractivity contribution in [3.8, 4) is 22.3 Å². The minimum Gasteiger partial charge on any atom is -0.310 e. The molecule has 17 rings (SSSR count). The molecule has 2 fully saturated rings. The Morgan fingerprint density at radius 1 is 0.268 bits per heavy atom. The maximum Gasteiger partial charge on any atom is 0.0634 e. The molecule has 2 aliphatic rings. The topological polar surface area (TPSA) is 15.3 Å². The molecule has 0 radical (unpaired) electrons. The maximum atomic E-state index is 2.66. The highest BCUT2D eigenvalue weighted by atomic mass is 15.1. The van der Waals surface area contributed by atoms with Gasteiger partial charge in [0.05, 0.1) is 33.1 Å². The molecule has 0 aliphatic heterocycles. The van der Waals surface area contributed by atoms with E-state index in [1.165, 1.54) is 185 Å². The monoisotopic (exact) mass is 1050 g/mol. The molecular weight excluding hydrogens is 993 g/mol. The summed E-state index contributed by atoms with van der Waals surface area (Å²) in [5.74, 6) is 1.29. The second-order valence-corrected chi connectivity index (χ2v) is 23.6. The highest BCUT2D eigenvalue weighted by molar-refractivity contribution is 6.38. The fraction of sp³-hybridized carbons (Fsp3) is 0.154. The van der Waals surface area contributed by atoms with Crippen LogP contribution in [0.5, 0.6) is 0 Å². The maximum absolute atomic E-state index is 2.66. The van der Waals surface area contributed by atoms with Gasteiger partial charge in [-0.3, -0.25) is 0 Å². The molecule has 15 aromatic rings. The molecule has 4 heteroatoms. The zero-order valence-corrected chi connectivity index (χ0v) is 46.1. The Labute approximate surface area is 478 Å². The summed E-state index contributed by atoms with van der Waals surface area (Å²) in [6, 6.07) is 92.0. The number of hydrogen-bond donors (Lipinski definition) is 0. The number of hydrogen-bond acceptors (Lipinski definition) is 2. The zero-order valence-electron chi connectivity index (χ0n) is 46.1. The fourth-order valence-corrected chi connectivity index (χ4v) is 15.4. The van der Waals surface area contributed by atoms with Crippen LogP contribution in [-0.4, -0.2) is 8.80 Å². The van der Waals surface area contributed by atoms with Crippen molar-refractivity contribution in [2.45, 2.75) is 76.0 Å². The SMILES string of the molecule is c1ccc(-c2c3c4cccc5c6ccc(N(c7ccccc7)c7ccc(C8CCCCC8)cc7)cc6n(c3c(-c3ccccc3)c3c6cccc7c8ccc(N(c9ccccc9)c9ccc(C%10CCCCC%10)cc9)cc8n(c23)c76)c54)cc1. The van der Waals surface area contributed by atoms with Crippen LogP contribution in [0.15, 0.2) is 243 Å². The van der Waals surface area contributed by atoms with Gasteiger partial charge in [0.15, 0.2) is 0 Å². The van der Waals surface area contributed by atoms with E-state index in [4.69, 9.17) is 0 Å². The predicted molar refractivity (Wildman–Crippen MR) is 348 cm³/mol. The van der Waals surface area contributed by atoms with Gasteiger partial charge in [-0.15, -0.1) is 0 Å². The summed E-state index contributed by atoms with van der Waals surface area (Å²) < 4.78 is 5.31. The predicted octanol–water partition coefficient (Wildman–Crippen LogP) is 22.4. The Hall–Kier alpha value is -9.38.